The molecular formula is C28H32N4O3S. The van der Waals surface area contributed by atoms with Crippen LogP contribution in [-0.2, 0) is 9.53 Å². The average Bonchev–Trinajstić information content (AvgIpc) is 3.56. The van der Waals surface area contributed by atoms with Crippen molar-refractivity contribution in [3.05, 3.63) is 59.1 Å². The lowest BCUT2D eigenvalue weighted by Crippen LogP contribution is -2.50. The lowest BCUT2D eigenvalue weighted by Gasteiger charge is -2.41. The van der Waals surface area contributed by atoms with Crippen molar-refractivity contribution in [2.24, 2.45) is 11.8 Å². The first-order chi connectivity index (χ1) is 17.6. The van der Waals surface area contributed by atoms with Crippen molar-refractivity contribution in [1.82, 2.24) is 15.2 Å². The zero-order chi connectivity index (χ0) is 24.6. The standard InChI is InChI=1S/C28H32N4O3S/c1-35-15-24-19-12-13-32(26(19)18-6-2-4-8-21(18)30-24)28(34)20-7-3-5-9-22(20)31-27(33)17-10-11-23-25(14-17)36-16-29-23/h2,4,6,8,10-11,14,16,19-20,22,24,26,30H,3,5,7,9,12-13,15H2,1H3,(H,31,33)/t19-,20+,22-,24+,26+/m1/s1. The van der Waals surface area contributed by atoms with E-state index in [1.165, 1.54) is 16.9 Å². The minimum Gasteiger partial charge on any atom is -0.383 e. The minimum absolute atomic E-state index is 0.0436. The molecule has 0 spiro atoms. The fraction of sp³-hybridized carbons (Fsp3) is 0.464. The van der Waals surface area contributed by atoms with Crippen molar-refractivity contribution in [3.8, 4) is 0 Å². The van der Waals surface area contributed by atoms with Gasteiger partial charge >= 0.3 is 0 Å². The number of benzene rings is 2. The summed E-state index contributed by atoms with van der Waals surface area (Å²) in [5, 5.41) is 6.88. The van der Waals surface area contributed by atoms with E-state index in [4.69, 9.17) is 4.74 Å². The smallest absolute Gasteiger partial charge is 0.251 e. The molecule has 0 bridgehead atoms. The highest BCUT2D eigenvalue weighted by atomic mass is 32.1. The van der Waals surface area contributed by atoms with Crippen LogP contribution in [0.4, 0.5) is 5.69 Å². The Morgan fingerprint density at radius 2 is 2.03 bits per heavy atom. The number of hydrogen-bond acceptors (Lipinski definition) is 6. The van der Waals surface area contributed by atoms with E-state index in [-0.39, 0.29) is 35.9 Å². The second-order valence-corrected chi connectivity index (χ2v) is 11.1. The number of amides is 2. The van der Waals surface area contributed by atoms with E-state index in [0.29, 0.717) is 18.1 Å². The van der Waals surface area contributed by atoms with E-state index in [1.807, 2.05) is 24.3 Å². The Hall–Kier alpha value is -2.97. The molecule has 1 saturated heterocycles. The molecule has 1 saturated carbocycles. The first-order valence-electron chi connectivity index (χ1n) is 12.9. The Balaban J connectivity index is 1.23. The number of aromatic nitrogens is 1. The summed E-state index contributed by atoms with van der Waals surface area (Å²) < 4.78 is 6.52. The normalized spacial score (nSPS) is 27.2. The summed E-state index contributed by atoms with van der Waals surface area (Å²) in [6, 6.07) is 14.0. The Morgan fingerprint density at radius 3 is 2.92 bits per heavy atom. The number of nitrogens with zero attached hydrogens (tertiary/aromatic N) is 2. The number of rotatable bonds is 5. The van der Waals surface area contributed by atoms with Crippen molar-refractivity contribution in [3.63, 3.8) is 0 Å². The molecule has 0 radical (unpaired) electrons. The van der Waals surface area contributed by atoms with Crippen molar-refractivity contribution in [1.29, 1.82) is 0 Å². The fourth-order valence-corrected chi connectivity index (χ4v) is 7.20. The molecule has 5 atom stereocenters. The summed E-state index contributed by atoms with van der Waals surface area (Å²) in [5.41, 5.74) is 5.60. The zero-order valence-electron chi connectivity index (χ0n) is 20.5. The SMILES string of the molecule is COC[C@@H]1Nc2ccccc2[C@H]2[C@@H]1CCN2C(=O)[C@H]1CCCC[C@H]1NC(=O)c1ccc2ncsc2c1. The maximum absolute atomic E-state index is 14.1. The Morgan fingerprint density at radius 1 is 1.17 bits per heavy atom. The van der Waals surface area contributed by atoms with E-state index in [2.05, 4.69) is 38.7 Å². The molecule has 2 amide bonds. The maximum atomic E-state index is 14.1. The van der Waals surface area contributed by atoms with Crippen molar-refractivity contribution in [2.75, 3.05) is 25.6 Å². The van der Waals surface area contributed by atoms with Crippen LogP contribution in [0.1, 0.15) is 54.1 Å². The fourth-order valence-electron chi connectivity index (χ4n) is 6.48. The number of methoxy groups -OCH3 is 1. The molecule has 2 aromatic carbocycles. The molecule has 1 aliphatic carbocycles. The number of fused-ring (bicyclic) bond motifs is 4. The molecule has 36 heavy (non-hydrogen) atoms. The predicted octanol–water partition coefficient (Wildman–Crippen LogP) is 4.62. The topological polar surface area (TPSA) is 83.6 Å². The summed E-state index contributed by atoms with van der Waals surface area (Å²) in [7, 11) is 1.73. The number of carbonyl (C=O) groups is 2. The third-order valence-electron chi connectivity index (χ3n) is 8.20. The Bertz CT molecular complexity index is 1280. The van der Waals surface area contributed by atoms with Gasteiger partial charge in [-0.05, 0) is 49.1 Å². The summed E-state index contributed by atoms with van der Waals surface area (Å²) in [5.74, 6) is 0.183. The second kappa shape index (κ2) is 9.82. The van der Waals surface area contributed by atoms with Gasteiger partial charge in [-0.25, -0.2) is 4.98 Å². The van der Waals surface area contributed by atoms with Gasteiger partial charge in [0.25, 0.3) is 5.91 Å². The lowest BCUT2D eigenvalue weighted by atomic mass is 9.81. The van der Waals surface area contributed by atoms with E-state index in [0.717, 1.165) is 54.6 Å². The van der Waals surface area contributed by atoms with Crippen molar-refractivity contribution in [2.45, 2.75) is 50.2 Å². The lowest BCUT2D eigenvalue weighted by molar-refractivity contribution is -0.139. The Kier molecular flexibility index (Phi) is 6.39. The van der Waals surface area contributed by atoms with Gasteiger partial charge in [0, 0.05) is 36.9 Å². The van der Waals surface area contributed by atoms with Gasteiger partial charge in [-0.1, -0.05) is 31.0 Å². The van der Waals surface area contributed by atoms with Crippen molar-refractivity contribution >= 4 is 39.1 Å². The van der Waals surface area contributed by atoms with Gasteiger partial charge in [-0.2, -0.15) is 0 Å². The molecule has 2 aliphatic heterocycles. The highest BCUT2D eigenvalue weighted by molar-refractivity contribution is 7.16. The summed E-state index contributed by atoms with van der Waals surface area (Å²) >= 11 is 1.53. The molecule has 2 fully saturated rings. The highest BCUT2D eigenvalue weighted by Gasteiger charge is 2.48. The number of thiazole rings is 1. The number of likely N-dealkylation sites (tertiary alicyclic amines) is 1. The number of hydrogen-bond donors (Lipinski definition) is 2. The Labute approximate surface area is 215 Å². The number of carbonyl (C=O) groups excluding carboxylic acids is 2. The predicted molar refractivity (Wildman–Crippen MR) is 141 cm³/mol. The van der Waals surface area contributed by atoms with Crippen LogP contribution < -0.4 is 10.6 Å². The number of para-hydroxylation sites is 1. The summed E-state index contributed by atoms with van der Waals surface area (Å²) in [4.78, 5) is 33.7. The second-order valence-electron chi connectivity index (χ2n) is 10.2. The minimum atomic E-state index is -0.198. The van der Waals surface area contributed by atoms with Crippen LogP contribution in [0.3, 0.4) is 0 Å². The third-order valence-corrected chi connectivity index (χ3v) is 9.00. The van der Waals surface area contributed by atoms with E-state index >= 15 is 0 Å². The molecule has 3 aliphatic rings. The van der Waals surface area contributed by atoms with Gasteiger partial charge in [-0.15, -0.1) is 11.3 Å². The highest BCUT2D eigenvalue weighted by Crippen LogP contribution is 2.47. The van der Waals surface area contributed by atoms with Crippen molar-refractivity contribution < 1.29 is 14.3 Å². The van der Waals surface area contributed by atoms with Crippen LogP contribution in [0, 0.1) is 11.8 Å². The van der Waals surface area contributed by atoms with E-state index in [9.17, 15) is 9.59 Å². The van der Waals surface area contributed by atoms with E-state index < -0.39 is 0 Å². The molecule has 0 unspecified atom stereocenters. The third kappa shape index (κ3) is 4.16. The summed E-state index contributed by atoms with van der Waals surface area (Å²) in [6.07, 6.45) is 4.63. The van der Waals surface area contributed by atoms with Crippen LogP contribution in [0.2, 0.25) is 0 Å². The van der Waals surface area contributed by atoms with Crippen LogP contribution in [0.15, 0.2) is 48.0 Å². The van der Waals surface area contributed by atoms with Gasteiger partial charge in [0.1, 0.15) is 0 Å². The number of anilines is 1. The molecule has 3 aromatic rings. The maximum Gasteiger partial charge on any atom is 0.251 e. The average molecular weight is 505 g/mol. The molecule has 3 heterocycles. The van der Waals surface area contributed by atoms with Gasteiger partial charge in [-0.3, -0.25) is 9.59 Å². The van der Waals surface area contributed by atoms with Gasteiger partial charge in [0.15, 0.2) is 0 Å². The molecule has 7 nitrogen and oxygen atoms in total. The van der Waals surface area contributed by atoms with Crippen LogP contribution in [-0.4, -0.2) is 54.0 Å². The molecule has 6 rings (SSSR count). The first-order valence-corrected chi connectivity index (χ1v) is 13.8. The van der Waals surface area contributed by atoms with E-state index in [1.54, 1.807) is 12.6 Å². The van der Waals surface area contributed by atoms with Gasteiger partial charge in [0.05, 0.1) is 40.3 Å². The van der Waals surface area contributed by atoms with Crippen LogP contribution in [0.5, 0.6) is 0 Å². The monoisotopic (exact) mass is 504 g/mol. The largest absolute Gasteiger partial charge is 0.383 e. The zero-order valence-corrected chi connectivity index (χ0v) is 21.3. The summed E-state index contributed by atoms with van der Waals surface area (Å²) in [6.45, 7) is 1.35. The van der Waals surface area contributed by atoms with Gasteiger partial charge in [0.2, 0.25) is 5.91 Å². The quantitative estimate of drug-likeness (QED) is 0.530. The molecule has 8 heteroatoms. The molecule has 188 valence electrons. The van der Waals surface area contributed by atoms with Crippen LogP contribution in [0.25, 0.3) is 10.2 Å². The molecular weight excluding hydrogens is 472 g/mol. The molecule has 2 N–H and O–H groups in total. The number of ether oxygens (including phenoxy) is 1. The molecule has 1 aromatic heterocycles. The van der Waals surface area contributed by atoms with Gasteiger partial charge < -0.3 is 20.3 Å². The number of nitrogens with one attached hydrogen (secondary N) is 2. The van der Waals surface area contributed by atoms with Crippen LogP contribution >= 0.6 is 11.3 Å². The first kappa shape index (κ1) is 23.4.